The zero-order valence-corrected chi connectivity index (χ0v) is 12.3. The van der Waals surface area contributed by atoms with Crippen molar-refractivity contribution in [3.63, 3.8) is 0 Å². The molecule has 0 bridgehead atoms. The van der Waals surface area contributed by atoms with Crippen LogP contribution in [0.1, 0.15) is 58.8 Å². The van der Waals surface area contributed by atoms with E-state index in [0.717, 1.165) is 13.1 Å². The van der Waals surface area contributed by atoms with Gasteiger partial charge in [-0.25, -0.2) is 0 Å². The molecule has 2 N–H and O–H groups in total. The van der Waals surface area contributed by atoms with Crippen LogP contribution in [0.3, 0.4) is 0 Å². The molecule has 1 aliphatic heterocycles. The minimum Gasteiger partial charge on any atom is -0.370 e. The normalized spacial score (nSPS) is 25.3. The highest BCUT2D eigenvalue weighted by Gasteiger charge is 2.41. The van der Waals surface area contributed by atoms with Crippen molar-refractivity contribution in [1.82, 2.24) is 10.6 Å². The highest BCUT2D eigenvalue weighted by Crippen LogP contribution is 2.43. The van der Waals surface area contributed by atoms with Gasteiger partial charge in [0.25, 0.3) is 0 Å². The molecule has 1 heterocycles. The number of carbonyl (C=O) groups is 1. The largest absolute Gasteiger partial charge is 0.370 e. The van der Waals surface area contributed by atoms with Crippen LogP contribution in [0.4, 0.5) is 0 Å². The Balaban J connectivity index is 1.56. The van der Waals surface area contributed by atoms with Gasteiger partial charge in [-0.15, -0.1) is 0 Å². The summed E-state index contributed by atoms with van der Waals surface area (Å²) in [5.41, 5.74) is 0.224. The van der Waals surface area contributed by atoms with Gasteiger partial charge in [0.05, 0.1) is 11.7 Å². The Morgan fingerprint density at radius 2 is 2.05 bits per heavy atom. The molecule has 0 aromatic heterocycles. The molecule has 1 aliphatic carbocycles. The van der Waals surface area contributed by atoms with Crippen LogP contribution in [0, 0.1) is 0 Å². The first kappa shape index (κ1) is 14.8. The van der Waals surface area contributed by atoms with Gasteiger partial charge in [-0.2, -0.15) is 0 Å². The van der Waals surface area contributed by atoms with Crippen LogP contribution in [0.15, 0.2) is 0 Å². The molecule has 1 unspecified atom stereocenters. The predicted molar refractivity (Wildman–Crippen MR) is 76.1 cm³/mol. The third-order valence-electron chi connectivity index (χ3n) is 4.20. The van der Waals surface area contributed by atoms with Gasteiger partial charge in [0.15, 0.2) is 0 Å². The van der Waals surface area contributed by atoms with E-state index in [1.807, 2.05) is 13.8 Å². The average Bonchev–Trinajstić information content (AvgIpc) is 2.95. The van der Waals surface area contributed by atoms with Gasteiger partial charge in [-0.1, -0.05) is 12.8 Å². The first-order valence-corrected chi connectivity index (χ1v) is 7.78. The number of ether oxygens (including phenoxy) is 1. The Bertz CT molecular complexity index is 299. The summed E-state index contributed by atoms with van der Waals surface area (Å²) < 4.78 is 6.22. The second-order valence-corrected chi connectivity index (χ2v) is 6.34. The number of nitrogens with one attached hydrogen (secondary N) is 2. The standard InChI is InChI=1S/C15H28N2O2/c1-12(2)17-14(18)6-10-16-11-13-5-9-15(19-13)7-3-4-8-15/h12-13,16H,3-11H2,1-2H3,(H,17,18). The summed E-state index contributed by atoms with van der Waals surface area (Å²) >= 11 is 0. The lowest BCUT2D eigenvalue weighted by molar-refractivity contribution is -0.121. The Morgan fingerprint density at radius 3 is 2.74 bits per heavy atom. The van der Waals surface area contributed by atoms with E-state index in [0.29, 0.717) is 12.5 Å². The van der Waals surface area contributed by atoms with E-state index in [9.17, 15) is 4.79 Å². The molecule has 0 aromatic rings. The molecule has 4 heteroatoms. The fourth-order valence-corrected chi connectivity index (χ4v) is 3.29. The molecule has 2 fully saturated rings. The third kappa shape index (κ3) is 4.46. The zero-order chi connectivity index (χ0) is 13.7. The number of rotatable bonds is 6. The van der Waals surface area contributed by atoms with Crippen LogP contribution in [0.2, 0.25) is 0 Å². The fourth-order valence-electron chi connectivity index (χ4n) is 3.29. The fraction of sp³-hybridized carbons (Fsp3) is 0.933. The Morgan fingerprint density at radius 1 is 1.32 bits per heavy atom. The van der Waals surface area contributed by atoms with E-state index < -0.39 is 0 Å². The number of hydrogen-bond acceptors (Lipinski definition) is 3. The van der Waals surface area contributed by atoms with Crippen molar-refractivity contribution in [1.29, 1.82) is 0 Å². The van der Waals surface area contributed by atoms with Crippen LogP contribution in [0.5, 0.6) is 0 Å². The van der Waals surface area contributed by atoms with Gasteiger partial charge in [-0.3, -0.25) is 4.79 Å². The Labute approximate surface area is 116 Å². The lowest BCUT2D eigenvalue weighted by atomic mass is 9.98. The molecule has 0 radical (unpaired) electrons. The molecule has 19 heavy (non-hydrogen) atoms. The van der Waals surface area contributed by atoms with Gasteiger partial charge >= 0.3 is 0 Å². The van der Waals surface area contributed by atoms with Crippen LogP contribution >= 0.6 is 0 Å². The van der Waals surface area contributed by atoms with Crippen molar-refractivity contribution < 1.29 is 9.53 Å². The monoisotopic (exact) mass is 268 g/mol. The number of carbonyl (C=O) groups excluding carboxylic acids is 1. The van der Waals surface area contributed by atoms with E-state index >= 15 is 0 Å². The molecular weight excluding hydrogens is 240 g/mol. The maximum atomic E-state index is 11.5. The third-order valence-corrected chi connectivity index (χ3v) is 4.20. The molecule has 2 rings (SSSR count). The minimum atomic E-state index is 0.127. The van der Waals surface area contributed by atoms with Gasteiger partial charge in [0.1, 0.15) is 0 Å². The molecule has 1 amide bonds. The smallest absolute Gasteiger partial charge is 0.221 e. The molecule has 4 nitrogen and oxygen atoms in total. The average molecular weight is 268 g/mol. The number of hydrogen-bond donors (Lipinski definition) is 2. The molecule has 1 saturated carbocycles. The predicted octanol–water partition coefficient (Wildman–Crippen LogP) is 1.98. The minimum absolute atomic E-state index is 0.127. The Hall–Kier alpha value is -0.610. The van der Waals surface area contributed by atoms with E-state index in [1.165, 1.54) is 38.5 Å². The summed E-state index contributed by atoms with van der Waals surface area (Å²) in [5, 5.41) is 6.25. The van der Waals surface area contributed by atoms with Crippen molar-refractivity contribution in [2.24, 2.45) is 0 Å². The highest BCUT2D eigenvalue weighted by atomic mass is 16.5. The van der Waals surface area contributed by atoms with Crippen molar-refractivity contribution in [3.8, 4) is 0 Å². The van der Waals surface area contributed by atoms with Gasteiger partial charge in [-0.05, 0) is 39.5 Å². The second-order valence-electron chi connectivity index (χ2n) is 6.34. The van der Waals surface area contributed by atoms with Gasteiger partial charge < -0.3 is 15.4 Å². The summed E-state index contributed by atoms with van der Waals surface area (Å²) in [5.74, 6) is 0.127. The summed E-state index contributed by atoms with van der Waals surface area (Å²) in [4.78, 5) is 11.5. The van der Waals surface area contributed by atoms with Crippen LogP contribution in [-0.2, 0) is 9.53 Å². The highest BCUT2D eigenvalue weighted by molar-refractivity contribution is 5.76. The SMILES string of the molecule is CC(C)NC(=O)CCNCC1CCC2(CCCC2)O1. The number of amides is 1. The summed E-state index contributed by atoms with van der Waals surface area (Å²) in [6, 6.07) is 0.230. The lowest BCUT2D eigenvalue weighted by Crippen LogP contribution is -2.35. The van der Waals surface area contributed by atoms with E-state index in [-0.39, 0.29) is 17.6 Å². The van der Waals surface area contributed by atoms with Crippen molar-refractivity contribution in [2.45, 2.75) is 76.5 Å². The molecule has 1 spiro atoms. The van der Waals surface area contributed by atoms with Crippen molar-refractivity contribution in [2.75, 3.05) is 13.1 Å². The molecule has 2 aliphatic rings. The quantitative estimate of drug-likeness (QED) is 0.724. The molecular formula is C15H28N2O2. The first-order chi connectivity index (χ1) is 9.10. The van der Waals surface area contributed by atoms with E-state index in [2.05, 4.69) is 10.6 Å². The maximum Gasteiger partial charge on any atom is 0.221 e. The maximum absolute atomic E-state index is 11.5. The van der Waals surface area contributed by atoms with Crippen molar-refractivity contribution in [3.05, 3.63) is 0 Å². The molecule has 0 aromatic carbocycles. The van der Waals surface area contributed by atoms with Crippen LogP contribution in [0.25, 0.3) is 0 Å². The molecule has 1 atom stereocenters. The summed E-state index contributed by atoms with van der Waals surface area (Å²) in [7, 11) is 0. The Kier molecular flexibility index (Phi) is 5.22. The van der Waals surface area contributed by atoms with E-state index in [1.54, 1.807) is 0 Å². The van der Waals surface area contributed by atoms with Gasteiger partial charge in [0.2, 0.25) is 5.91 Å². The lowest BCUT2D eigenvalue weighted by Gasteiger charge is -2.23. The van der Waals surface area contributed by atoms with Crippen molar-refractivity contribution >= 4 is 5.91 Å². The zero-order valence-electron chi connectivity index (χ0n) is 12.3. The first-order valence-electron chi connectivity index (χ1n) is 7.78. The molecule has 1 saturated heterocycles. The van der Waals surface area contributed by atoms with E-state index in [4.69, 9.17) is 4.74 Å². The van der Waals surface area contributed by atoms with Gasteiger partial charge in [0, 0.05) is 25.6 Å². The van der Waals surface area contributed by atoms with Crippen LogP contribution < -0.4 is 10.6 Å². The van der Waals surface area contributed by atoms with Crippen LogP contribution in [-0.4, -0.2) is 36.7 Å². The molecule has 110 valence electrons. The summed E-state index contributed by atoms with van der Waals surface area (Å²) in [6.07, 6.45) is 8.46. The second kappa shape index (κ2) is 6.71. The topological polar surface area (TPSA) is 50.4 Å². The summed E-state index contributed by atoms with van der Waals surface area (Å²) in [6.45, 7) is 5.60.